The lowest BCUT2D eigenvalue weighted by Gasteiger charge is -2.27. The second-order valence-corrected chi connectivity index (χ2v) is 14.6. The van der Waals surface area contributed by atoms with Crippen LogP contribution >= 0.6 is 0 Å². The molecule has 1 aromatic heterocycles. The molecule has 0 bridgehead atoms. The summed E-state index contributed by atoms with van der Waals surface area (Å²) in [6, 6.07) is 51.0. The molecular weight excluding hydrogens is 583 g/mol. The van der Waals surface area contributed by atoms with E-state index in [2.05, 4.69) is 166 Å². The van der Waals surface area contributed by atoms with Crippen LogP contribution in [0.4, 0.5) is 17.1 Å². The highest BCUT2D eigenvalue weighted by Gasteiger charge is 2.42. The van der Waals surface area contributed by atoms with E-state index < -0.39 is 0 Å². The van der Waals surface area contributed by atoms with Crippen molar-refractivity contribution in [3.05, 3.63) is 162 Å². The smallest absolute Gasteiger partial charge is 0.159 e. The van der Waals surface area contributed by atoms with Crippen molar-refractivity contribution < 1.29 is 4.42 Å². The summed E-state index contributed by atoms with van der Waals surface area (Å²) in [6.07, 6.45) is 0. The van der Waals surface area contributed by atoms with Crippen molar-refractivity contribution in [3.63, 3.8) is 0 Å². The number of anilines is 3. The van der Waals surface area contributed by atoms with Gasteiger partial charge >= 0.3 is 0 Å². The minimum Gasteiger partial charge on any atom is -0.454 e. The number of rotatable bonds is 3. The molecule has 0 N–H and O–H groups in total. The lowest BCUT2D eigenvalue weighted by Crippen LogP contribution is -2.17. The van der Waals surface area contributed by atoms with Gasteiger partial charge in [-0.3, -0.25) is 0 Å². The summed E-state index contributed by atoms with van der Waals surface area (Å²) >= 11 is 0. The van der Waals surface area contributed by atoms with Gasteiger partial charge in [0.2, 0.25) is 0 Å². The fourth-order valence-electron chi connectivity index (χ4n) is 8.89. The van der Waals surface area contributed by atoms with Crippen molar-refractivity contribution in [2.24, 2.45) is 0 Å². The van der Waals surface area contributed by atoms with E-state index >= 15 is 0 Å². The van der Waals surface area contributed by atoms with E-state index in [1.54, 1.807) is 0 Å². The maximum Gasteiger partial charge on any atom is 0.159 e. The summed E-state index contributed by atoms with van der Waals surface area (Å²) in [5.74, 6) is 0. The van der Waals surface area contributed by atoms with Crippen LogP contribution in [0.2, 0.25) is 0 Å². The van der Waals surface area contributed by atoms with E-state index in [9.17, 15) is 0 Å². The zero-order chi connectivity index (χ0) is 32.4. The summed E-state index contributed by atoms with van der Waals surface area (Å²) in [4.78, 5) is 2.33. The topological polar surface area (TPSA) is 16.4 Å². The molecular formula is C46H35NO. The first kappa shape index (κ1) is 27.5. The van der Waals surface area contributed by atoms with Gasteiger partial charge in [0.15, 0.2) is 5.58 Å². The summed E-state index contributed by atoms with van der Waals surface area (Å²) in [7, 11) is 0. The third-order valence-corrected chi connectivity index (χ3v) is 11.2. The number of nitrogens with zero attached hydrogens (tertiary/aromatic N) is 1. The molecule has 10 rings (SSSR count). The summed E-state index contributed by atoms with van der Waals surface area (Å²) < 4.78 is 6.55. The Morgan fingerprint density at radius 3 is 2.02 bits per heavy atom. The predicted octanol–water partition coefficient (Wildman–Crippen LogP) is 12.8. The third kappa shape index (κ3) is 3.58. The molecule has 48 heavy (non-hydrogen) atoms. The average molecular weight is 618 g/mol. The minimum atomic E-state index is -0.138. The van der Waals surface area contributed by atoms with Gasteiger partial charge in [-0.2, -0.15) is 0 Å². The summed E-state index contributed by atoms with van der Waals surface area (Å²) in [5.41, 5.74) is 16.1. The van der Waals surface area contributed by atoms with Crippen molar-refractivity contribution in [3.8, 4) is 22.3 Å². The molecule has 0 amide bonds. The first-order chi connectivity index (χ1) is 23.3. The van der Waals surface area contributed by atoms with Crippen molar-refractivity contribution in [1.82, 2.24) is 0 Å². The molecule has 0 aliphatic heterocycles. The number of hydrogen-bond donors (Lipinski definition) is 0. The van der Waals surface area contributed by atoms with Gasteiger partial charge in [-0.05, 0) is 104 Å². The van der Waals surface area contributed by atoms with E-state index in [0.717, 1.165) is 39.0 Å². The van der Waals surface area contributed by atoms with Crippen molar-refractivity contribution in [2.45, 2.75) is 38.5 Å². The molecule has 2 aliphatic rings. The molecule has 1 heterocycles. The van der Waals surface area contributed by atoms with Crippen LogP contribution in [0.3, 0.4) is 0 Å². The molecule has 0 saturated heterocycles. The second kappa shape index (κ2) is 9.49. The molecule has 0 saturated carbocycles. The van der Waals surface area contributed by atoms with Crippen LogP contribution in [-0.2, 0) is 10.8 Å². The number of para-hydroxylation sites is 3. The lowest BCUT2D eigenvalue weighted by atomic mass is 9.78. The van der Waals surface area contributed by atoms with Gasteiger partial charge in [0.1, 0.15) is 5.58 Å². The van der Waals surface area contributed by atoms with Crippen molar-refractivity contribution in [1.29, 1.82) is 0 Å². The van der Waals surface area contributed by atoms with Gasteiger partial charge in [0.05, 0.1) is 5.69 Å². The zero-order valence-electron chi connectivity index (χ0n) is 27.6. The highest BCUT2D eigenvalue weighted by Crippen LogP contribution is 2.57. The fourth-order valence-corrected chi connectivity index (χ4v) is 8.89. The van der Waals surface area contributed by atoms with Crippen LogP contribution < -0.4 is 4.90 Å². The van der Waals surface area contributed by atoms with Crippen LogP contribution in [0.1, 0.15) is 49.9 Å². The van der Waals surface area contributed by atoms with Gasteiger partial charge < -0.3 is 9.32 Å². The Labute approximate surface area is 280 Å². The predicted molar refractivity (Wildman–Crippen MR) is 201 cm³/mol. The lowest BCUT2D eigenvalue weighted by molar-refractivity contribution is 0.654. The number of fused-ring (bicyclic) bond motifs is 11. The van der Waals surface area contributed by atoms with E-state index in [1.165, 1.54) is 55.3 Å². The average Bonchev–Trinajstić information content (AvgIpc) is 3.68. The SMILES string of the molecule is CC1(C)c2ccccc2-c2cc3c(cc21)-c1ccc2cc(N(c4ccccc4)c4cccc5c4oc4ccccc45)ccc2c1C3(C)C. The quantitative estimate of drug-likeness (QED) is 0.196. The highest BCUT2D eigenvalue weighted by atomic mass is 16.3. The van der Waals surface area contributed by atoms with E-state index in [4.69, 9.17) is 4.42 Å². The molecule has 2 aliphatic carbocycles. The fraction of sp³-hybridized carbons (Fsp3) is 0.130. The third-order valence-electron chi connectivity index (χ3n) is 11.2. The molecule has 0 fully saturated rings. The first-order valence-corrected chi connectivity index (χ1v) is 16.9. The van der Waals surface area contributed by atoms with Crippen LogP contribution in [0.5, 0.6) is 0 Å². The Balaban J connectivity index is 1.16. The van der Waals surface area contributed by atoms with E-state index in [-0.39, 0.29) is 10.8 Å². The van der Waals surface area contributed by atoms with Gasteiger partial charge in [-0.15, -0.1) is 0 Å². The molecule has 0 spiro atoms. The molecule has 2 heteroatoms. The monoisotopic (exact) mass is 617 g/mol. The van der Waals surface area contributed by atoms with E-state index in [0.29, 0.717) is 0 Å². The van der Waals surface area contributed by atoms with Crippen LogP contribution in [-0.4, -0.2) is 0 Å². The molecule has 0 atom stereocenters. The van der Waals surface area contributed by atoms with Crippen LogP contribution in [0, 0.1) is 0 Å². The minimum absolute atomic E-state index is 0.0246. The van der Waals surface area contributed by atoms with Crippen LogP contribution in [0.15, 0.2) is 144 Å². The summed E-state index contributed by atoms with van der Waals surface area (Å²) in [5, 5.41) is 4.81. The standard InChI is InChI=1S/C46H35NO/c1-45(2)38-18-10-8-15-32(38)36-26-40-37(27-39(36)45)34-23-21-28-25-30(22-24-31(28)43(34)46(40,3)4)47(29-13-6-5-7-14-29)41-19-12-17-35-33-16-9-11-20-42(33)48-44(35)41/h5-27H,1-4H3. The van der Waals surface area contributed by atoms with Gasteiger partial charge in [0, 0.05) is 33.0 Å². The molecule has 230 valence electrons. The summed E-state index contributed by atoms with van der Waals surface area (Å²) in [6.45, 7) is 9.55. The Hall–Kier alpha value is -5.60. The zero-order valence-corrected chi connectivity index (χ0v) is 27.6. The Morgan fingerprint density at radius 2 is 1.17 bits per heavy atom. The molecule has 0 unspecified atom stereocenters. The maximum atomic E-state index is 6.55. The highest BCUT2D eigenvalue weighted by molar-refractivity contribution is 6.10. The Morgan fingerprint density at radius 1 is 0.458 bits per heavy atom. The Bertz CT molecular complexity index is 2620. The van der Waals surface area contributed by atoms with E-state index in [1.807, 2.05) is 6.07 Å². The number of hydrogen-bond acceptors (Lipinski definition) is 2. The number of furan rings is 1. The maximum absolute atomic E-state index is 6.55. The normalized spacial score (nSPS) is 15.0. The van der Waals surface area contributed by atoms with Gasteiger partial charge in [0.25, 0.3) is 0 Å². The van der Waals surface area contributed by atoms with Crippen LogP contribution in [0.25, 0.3) is 55.0 Å². The molecule has 0 radical (unpaired) electrons. The second-order valence-electron chi connectivity index (χ2n) is 14.6. The van der Waals surface area contributed by atoms with Gasteiger partial charge in [-0.1, -0.05) is 119 Å². The molecule has 7 aromatic carbocycles. The van der Waals surface area contributed by atoms with Gasteiger partial charge in [-0.25, -0.2) is 0 Å². The number of benzene rings is 7. The van der Waals surface area contributed by atoms with Crippen molar-refractivity contribution in [2.75, 3.05) is 4.90 Å². The van der Waals surface area contributed by atoms with Crippen molar-refractivity contribution >= 4 is 49.8 Å². The molecule has 8 aromatic rings. The molecule has 2 nitrogen and oxygen atoms in total. The first-order valence-electron chi connectivity index (χ1n) is 16.9. The largest absolute Gasteiger partial charge is 0.454 e. The Kier molecular flexibility index (Phi) is 5.44.